The zero-order valence-electron chi connectivity index (χ0n) is 9.12. The molecule has 0 saturated carbocycles. The van der Waals surface area contributed by atoms with E-state index in [9.17, 15) is 0 Å². The molecule has 1 aromatic rings. The Balaban J connectivity index is 1.88. The van der Waals surface area contributed by atoms with Crippen molar-refractivity contribution in [2.75, 3.05) is 25.6 Å². The molecule has 0 bridgehead atoms. The Bertz CT molecular complexity index is 351. The van der Waals surface area contributed by atoms with Crippen LogP contribution in [0.15, 0.2) is 18.2 Å². The summed E-state index contributed by atoms with van der Waals surface area (Å²) in [5, 5.41) is 0. The molecule has 0 aliphatic carbocycles. The van der Waals surface area contributed by atoms with Crippen LogP contribution in [0.4, 0.5) is 5.69 Å². The minimum absolute atomic E-state index is 0.604. The molecule has 1 aromatic carbocycles. The van der Waals surface area contributed by atoms with Crippen molar-refractivity contribution in [3.63, 3.8) is 0 Å². The second-order valence-electron chi connectivity index (χ2n) is 4.05. The van der Waals surface area contributed by atoms with Crippen LogP contribution in [0, 0.1) is 9.49 Å². The van der Waals surface area contributed by atoms with Gasteiger partial charge in [0.25, 0.3) is 0 Å². The largest absolute Gasteiger partial charge is 0.491 e. The normalized spacial score (nSPS) is 17.3. The summed E-state index contributed by atoms with van der Waals surface area (Å²) in [6.07, 6.45) is 2.18. The first-order chi connectivity index (χ1) is 7.75. The van der Waals surface area contributed by atoms with Crippen LogP contribution in [0.2, 0.25) is 0 Å². The van der Waals surface area contributed by atoms with Crippen molar-refractivity contribution in [1.29, 1.82) is 0 Å². The van der Waals surface area contributed by atoms with Gasteiger partial charge in [-0.1, -0.05) is 0 Å². The van der Waals surface area contributed by atoms with Gasteiger partial charge in [-0.2, -0.15) is 0 Å². The van der Waals surface area contributed by atoms with E-state index in [4.69, 9.17) is 15.2 Å². The molecule has 1 saturated heterocycles. The number of anilines is 1. The monoisotopic (exact) mass is 333 g/mol. The van der Waals surface area contributed by atoms with Crippen molar-refractivity contribution in [2.45, 2.75) is 12.8 Å². The quantitative estimate of drug-likeness (QED) is 0.683. The van der Waals surface area contributed by atoms with E-state index in [1.807, 2.05) is 18.2 Å². The molecule has 4 heteroatoms. The maximum absolute atomic E-state index is 5.88. The number of ether oxygens (including phenoxy) is 2. The van der Waals surface area contributed by atoms with Crippen LogP contribution in [0.3, 0.4) is 0 Å². The van der Waals surface area contributed by atoms with E-state index in [0.717, 1.165) is 47.7 Å². The van der Waals surface area contributed by atoms with Crippen molar-refractivity contribution in [2.24, 2.45) is 5.92 Å². The van der Waals surface area contributed by atoms with E-state index in [0.29, 0.717) is 5.92 Å². The van der Waals surface area contributed by atoms with Crippen molar-refractivity contribution < 1.29 is 9.47 Å². The zero-order valence-corrected chi connectivity index (χ0v) is 11.3. The van der Waals surface area contributed by atoms with E-state index < -0.39 is 0 Å². The summed E-state index contributed by atoms with van der Waals surface area (Å²) in [6, 6.07) is 5.88. The molecule has 1 aliphatic rings. The van der Waals surface area contributed by atoms with Crippen LogP contribution in [0.25, 0.3) is 0 Å². The Kier molecular flexibility index (Phi) is 4.29. The maximum atomic E-state index is 5.88. The Morgan fingerprint density at radius 1 is 1.38 bits per heavy atom. The van der Waals surface area contributed by atoms with Gasteiger partial charge in [0.05, 0.1) is 12.3 Å². The molecule has 0 unspecified atom stereocenters. The molecular weight excluding hydrogens is 317 g/mol. The molecular formula is C12H16INO2. The summed E-state index contributed by atoms with van der Waals surface area (Å²) in [7, 11) is 0. The second-order valence-corrected chi connectivity index (χ2v) is 5.29. The van der Waals surface area contributed by atoms with Gasteiger partial charge in [-0.05, 0) is 59.5 Å². The van der Waals surface area contributed by atoms with Crippen molar-refractivity contribution >= 4 is 28.3 Å². The van der Waals surface area contributed by atoms with Gasteiger partial charge in [0.2, 0.25) is 0 Å². The highest BCUT2D eigenvalue weighted by molar-refractivity contribution is 14.1. The SMILES string of the molecule is Nc1cc(I)ccc1OCC1CCOCC1. The maximum Gasteiger partial charge on any atom is 0.142 e. The van der Waals surface area contributed by atoms with Gasteiger partial charge in [-0.3, -0.25) is 0 Å². The van der Waals surface area contributed by atoms with E-state index >= 15 is 0 Å². The second kappa shape index (κ2) is 5.72. The van der Waals surface area contributed by atoms with Gasteiger partial charge in [-0.15, -0.1) is 0 Å². The average molecular weight is 333 g/mol. The molecule has 3 nitrogen and oxygen atoms in total. The molecule has 0 amide bonds. The highest BCUT2D eigenvalue weighted by Gasteiger charge is 2.14. The van der Waals surface area contributed by atoms with E-state index in [1.165, 1.54) is 0 Å². The summed E-state index contributed by atoms with van der Waals surface area (Å²) < 4.78 is 12.2. The number of nitrogens with two attached hydrogens (primary N) is 1. The number of hydrogen-bond donors (Lipinski definition) is 1. The number of halogens is 1. The van der Waals surface area contributed by atoms with Gasteiger partial charge in [-0.25, -0.2) is 0 Å². The standard InChI is InChI=1S/C12H16INO2/c13-10-1-2-12(11(14)7-10)16-8-9-3-5-15-6-4-9/h1-2,7,9H,3-6,8,14H2. The lowest BCUT2D eigenvalue weighted by Gasteiger charge is -2.22. The third-order valence-electron chi connectivity index (χ3n) is 2.79. The number of rotatable bonds is 3. The first-order valence-corrected chi connectivity index (χ1v) is 6.59. The van der Waals surface area contributed by atoms with Crippen LogP contribution in [-0.4, -0.2) is 19.8 Å². The van der Waals surface area contributed by atoms with Gasteiger partial charge in [0, 0.05) is 16.8 Å². The smallest absolute Gasteiger partial charge is 0.142 e. The fraction of sp³-hybridized carbons (Fsp3) is 0.500. The third-order valence-corrected chi connectivity index (χ3v) is 3.46. The average Bonchev–Trinajstić information content (AvgIpc) is 2.29. The lowest BCUT2D eigenvalue weighted by atomic mass is 10.0. The molecule has 2 N–H and O–H groups in total. The molecule has 88 valence electrons. The van der Waals surface area contributed by atoms with Crippen LogP contribution < -0.4 is 10.5 Å². The summed E-state index contributed by atoms with van der Waals surface area (Å²) in [5.74, 6) is 1.40. The predicted octanol–water partition coefficient (Wildman–Crippen LogP) is 2.68. The van der Waals surface area contributed by atoms with Crippen molar-refractivity contribution in [1.82, 2.24) is 0 Å². The highest BCUT2D eigenvalue weighted by Crippen LogP contribution is 2.25. The Morgan fingerprint density at radius 2 is 2.12 bits per heavy atom. The molecule has 0 radical (unpaired) electrons. The van der Waals surface area contributed by atoms with E-state index in [2.05, 4.69) is 22.6 Å². The fourth-order valence-corrected chi connectivity index (χ4v) is 2.29. The lowest BCUT2D eigenvalue weighted by Crippen LogP contribution is -2.21. The molecule has 2 rings (SSSR count). The fourth-order valence-electron chi connectivity index (χ4n) is 1.77. The predicted molar refractivity (Wildman–Crippen MR) is 72.6 cm³/mol. The third kappa shape index (κ3) is 3.25. The Hall–Kier alpha value is -0.490. The minimum Gasteiger partial charge on any atom is -0.491 e. The molecule has 0 spiro atoms. The Morgan fingerprint density at radius 3 is 2.81 bits per heavy atom. The number of hydrogen-bond acceptors (Lipinski definition) is 3. The van der Waals surface area contributed by atoms with Crippen LogP contribution >= 0.6 is 22.6 Å². The summed E-state index contributed by atoms with van der Waals surface area (Å²) in [5.41, 5.74) is 6.60. The van der Waals surface area contributed by atoms with Crippen molar-refractivity contribution in [3.8, 4) is 5.75 Å². The number of benzene rings is 1. The van der Waals surface area contributed by atoms with Crippen molar-refractivity contribution in [3.05, 3.63) is 21.8 Å². The van der Waals surface area contributed by atoms with Crippen LogP contribution in [0.1, 0.15) is 12.8 Å². The van der Waals surface area contributed by atoms with Gasteiger partial charge < -0.3 is 15.2 Å². The topological polar surface area (TPSA) is 44.5 Å². The first kappa shape index (κ1) is 12.0. The molecule has 1 fully saturated rings. The highest BCUT2D eigenvalue weighted by atomic mass is 127. The molecule has 1 heterocycles. The molecule has 0 atom stereocenters. The van der Waals surface area contributed by atoms with E-state index in [-0.39, 0.29) is 0 Å². The van der Waals surface area contributed by atoms with Gasteiger partial charge >= 0.3 is 0 Å². The van der Waals surface area contributed by atoms with Crippen LogP contribution in [-0.2, 0) is 4.74 Å². The molecule has 1 aliphatic heterocycles. The zero-order chi connectivity index (χ0) is 11.4. The Labute approximate surface area is 109 Å². The molecule has 0 aromatic heterocycles. The first-order valence-electron chi connectivity index (χ1n) is 5.51. The van der Waals surface area contributed by atoms with Gasteiger partial charge in [0.15, 0.2) is 0 Å². The summed E-state index contributed by atoms with van der Waals surface area (Å²) in [6.45, 7) is 2.46. The minimum atomic E-state index is 0.604. The van der Waals surface area contributed by atoms with Crippen LogP contribution in [0.5, 0.6) is 5.75 Å². The number of nitrogen functional groups attached to an aromatic ring is 1. The molecule has 16 heavy (non-hydrogen) atoms. The summed E-state index contributed by atoms with van der Waals surface area (Å²) >= 11 is 2.24. The van der Waals surface area contributed by atoms with Gasteiger partial charge in [0.1, 0.15) is 5.75 Å². The van der Waals surface area contributed by atoms with E-state index in [1.54, 1.807) is 0 Å². The lowest BCUT2D eigenvalue weighted by molar-refractivity contribution is 0.0499. The summed E-state index contributed by atoms with van der Waals surface area (Å²) in [4.78, 5) is 0.